The fourth-order valence-electron chi connectivity index (χ4n) is 2.93. The van der Waals surface area contributed by atoms with Gasteiger partial charge in [0, 0.05) is 19.1 Å². The average molecular weight is 275 g/mol. The first-order valence-corrected chi connectivity index (χ1v) is 7.96. The van der Waals surface area contributed by atoms with Gasteiger partial charge in [0.1, 0.15) is 0 Å². The van der Waals surface area contributed by atoms with Crippen LogP contribution in [0, 0.1) is 5.41 Å². The molecule has 1 fully saturated rings. The molecule has 0 bridgehead atoms. The molecule has 1 N–H and O–H groups in total. The van der Waals surface area contributed by atoms with Crippen LogP contribution in [0.1, 0.15) is 58.7 Å². The molecule has 0 aliphatic carbocycles. The normalized spacial score (nSPS) is 20.5. The van der Waals surface area contributed by atoms with E-state index in [1.165, 1.54) is 24.9 Å². The molecule has 0 aromatic carbocycles. The van der Waals surface area contributed by atoms with Crippen LogP contribution in [0.4, 0.5) is 5.69 Å². The third-order valence-corrected chi connectivity index (χ3v) is 4.43. The van der Waals surface area contributed by atoms with Crippen LogP contribution < -0.4 is 10.2 Å². The van der Waals surface area contributed by atoms with Crippen LogP contribution in [0.5, 0.6) is 0 Å². The van der Waals surface area contributed by atoms with Crippen molar-refractivity contribution in [3.63, 3.8) is 0 Å². The molecule has 0 radical (unpaired) electrons. The third-order valence-electron chi connectivity index (χ3n) is 4.43. The lowest BCUT2D eigenvalue weighted by atomic mass is 9.85. The van der Waals surface area contributed by atoms with Gasteiger partial charge in [-0.15, -0.1) is 0 Å². The van der Waals surface area contributed by atoms with Crippen LogP contribution in [0.3, 0.4) is 0 Å². The zero-order chi connectivity index (χ0) is 14.6. The van der Waals surface area contributed by atoms with Crippen molar-refractivity contribution in [3.05, 3.63) is 24.0 Å². The number of aromatic nitrogens is 1. The Labute approximate surface area is 123 Å². The third kappa shape index (κ3) is 3.95. The zero-order valence-corrected chi connectivity index (χ0v) is 13.4. The number of hydrogen-bond donors (Lipinski definition) is 1. The second-order valence-electron chi connectivity index (χ2n) is 6.73. The summed E-state index contributed by atoms with van der Waals surface area (Å²) in [6, 6.07) is 4.73. The Morgan fingerprint density at radius 2 is 2.10 bits per heavy atom. The quantitative estimate of drug-likeness (QED) is 0.906. The Morgan fingerprint density at radius 3 is 2.75 bits per heavy atom. The Balaban J connectivity index is 2.02. The van der Waals surface area contributed by atoms with E-state index in [0.29, 0.717) is 11.5 Å². The van der Waals surface area contributed by atoms with Gasteiger partial charge in [-0.3, -0.25) is 4.98 Å². The molecule has 1 saturated heterocycles. The van der Waals surface area contributed by atoms with Crippen molar-refractivity contribution < 1.29 is 0 Å². The molecule has 1 atom stereocenters. The van der Waals surface area contributed by atoms with Gasteiger partial charge in [-0.05, 0) is 50.3 Å². The number of rotatable bonds is 4. The highest BCUT2D eigenvalue weighted by atomic mass is 15.1. The summed E-state index contributed by atoms with van der Waals surface area (Å²) in [6.07, 6.45) is 5.92. The molecule has 1 aromatic heterocycles. The van der Waals surface area contributed by atoms with E-state index >= 15 is 0 Å². The number of pyridine rings is 1. The first-order chi connectivity index (χ1) is 9.52. The lowest BCUT2D eigenvalue weighted by molar-refractivity contribution is 0.325. The van der Waals surface area contributed by atoms with E-state index in [1.807, 2.05) is 6.20 Å². The molecule has 1 aliphatic heterocycles. The van der Waals surface area contributed by atoms with Crippen molar-refractivity contribution in [2.24, 2.45) is 5.41 Å². The molecular weight excluding hydrogens is 246 g/mol. The molecule has 0 saturated carbocycles. The Hall–Kier alpha value is -1.09. The first-order valence-electron chi connectivity index (χ1n) is 7.96. The fraction of sp³-hybridized carbons (Fsp3) is 0.706. The van der Waals surface area contributed by atoms with Crippen molar-refractivity contribution >= 4 is 5.69 Å². The van der Waals surface area contributed by atoms with E-state index in [2.05, 4.69) is 55.0 Å². The lowest BCUT2D eigenvalue weighted by Crippen LogP contribution is -2.25. The van der Waals surface area contributed by atoms with E-state index in [9.17, 15) is 0 Å². The molecule has 20 heavy (non-hydrogen) atoms. The molecular formula is C17H29N3. The van der Waals surface area contributed by atoms with Crippen LogP contribution in [0.25, 0.3) is 0 Å². The van der Waals surface area contributed by atoms with Crippen molar-refractivity contribution in [1.29, 1.82) is 0 Å². The summed E-state index contributed by atoms with van der Waals surface area (Å²) in [6.45, 7) is 12.4. The molecule has 3 nitrogen and oxygen atoms in total. The zero-order valence-electron chi connectivity index (χ0n) is 13.4. The topological polar surface area (TPSA) is 28.2 Å². The number of nitrogens with one attached hydrogen (secondary N) is 1. The number of hydrogen-bond acceptors (Lipinski definition) is 3. The highest BCUT2D eigenvalue weighted by Crippen LogP contribution is 2.31. The first kappa shape index (κ1) is 15.3. The summed E-state index contributed by atoms with van der Waals surface area (Å²) < 4.78 is 0. The molecule has 1 aromatic rings. The van der Waals surface area contributed by atoms with E-state index in [0.717, 1.165) is 25.3 Å². The predicted molar refractivity (Wildman–Crippen MR) is 86.2 cm³/mol. The van der Waals surface area contributed by atoms with Crippen molar-refractivity contribution in [1.82, 2.24) is 10.3 Å². The monoisotopic (exact) mass is 275 g/mol. The van der Waals surface area contributed by atoms with Gasteiger partial charge in [0.15, 0.2) is 0 Å². The molecule has 0 spiro atoms. The smallest absolute Gasteiger partial charge is 0.0572 e. The summed E-state index contributed by atoms with van der Waals surface area (Å²) in [5.74, 6) is 0. The van der Waals surface area contributed by atoms with E-state index in [-0.39, 0.29) is 0 Å². The van der Waals surface area contributed by atoms with Gasteiger partial charge in [0.2, 0.25) is 0 Å². The average Bonchev–Trinajstić information content (AvgIpc) is 2.60. The maximum absolute atomic E-state index is 4.64. The standard InChI is InChI=1S/C17H29N3/c1-5-18-14(2)16-8-7-15(13-19-16)20-11-6-9-17(3,4)10-12-20/h7-8,13-14,18H,5-6,9-12H2,1-4H3. The molecule has 3 heteroatoms. The van der Waals surface area contributed by atoms with E-state index in [1.54, 1.807) is 0 Å². The maximum Gasteiger partial charge on any atom is 0.0572 e. The highest BCUT2D eigenvalue weighted by Gasteiger charge is 2.23. The lowest BCUT2D eigenvalue weighted by Gasteiger charge is -2.25. The van der Waals surface area contributed by atoms with Crippen LogP contribution in [0.2, 0.25) is 0 Å². The fourth-order valence-corrected chi connectivity index (χ4v) is 2.93. The Kier molecular flexibility index (Phi) is 5.03. The summed E-state index contributed by atoms with van der Waals surface area (Å²) in [5.41, 5.74) is 2.89. The minimum atomic E-state index is 0.331. The summed E-state index contributed by atoms with van der Waals surface area (Å²) in [7, 11) is 0. The number of nitrogens with zero attached hydrogens (tertiary/aromatic N) is 2. The minimum Gasteiger partial charge on any atom is -0.370 e. The molecule has 0 amide bonds. The van der Waals surface area contributed by atoms with E-state index in [4.69, 9.17) is 0 Å². The van der Waals surface area contributed by atoms with Crippen LogP contribution in [-0.4, -0.2) is 24.6 Å². The van der Waals surface area contributed by atoms with Gasteiger partial charge in [0.05, 0.1) is 17.6 Å². The number of anilines is 1. The van der Waals surface area contributed by atoms with Crippen LogP contribution in [0.15, 0.2) is 18.3 Å². The molecule has 1 aliphatic rings. The molecule has 2 heterocycles. The van der Waals surface area contributed by atoms with Gasteiger partial charge in [-0.25, -0.2) is 0 Å². The van der Waals surface area contributed by atoms with Crippen LogP contribution in [-0.2, 0) is 0 Å². The van der Waals surface area contributed by atoms with Crippen molar-refractivity contribution in [2.75, 3.05) is 24.5 Å². The van der Waals surface area contributed by atoms with Crippen LogP contribution >= 0.6 is 0 Å². The van der Waals surface area contributed by atoms with Gasteiger partial charge >= 0.3 is 0 Å². The second-order valence-corrected chi connectivity index (χ2v) is 6.73. The van der Waals surface area contributed by atoms with Gasteiger partial charge in [0.25, 0.3) is 0 Å². The highest BCUT2D eigenvalue weighted by molar-refractivity contribution is 5.45. The van der Waals surface area contributed by atoms with Gasteiger partial charge in [-0.1, -0.05) is 20.8 Å². The van der Waals surface area contributed by atoms with Gasteiger partial charge < -0.3 is 10.2 Å². The van der Waals surface area contributed by atoms with Crippen molar-refractivity contribution in [2.45, 2.75) is 53.0 Å². The van der Waals surface area contributed by atoms with Crippen molar-refractivity contribution in [3.8, 4) is 0 Å². The Bertz CT molecular complexity index is 411. The SMILES string of the molecule is CCNC(C)c1ccc(N2CCCC(C)(C)CC2)cn1. The molecule has 112 valence electrons. The van der Waals surface area contributed by atoms with Gasteiger partial charge in [-0.2, -0.15) is 0 Å². The summed E-state index contributed by atoms with van der Waals surface area (Å²) in [4.78, 5) is 7.12. The largest absolute Gasteiger partial charge is 0.370 e. The molecule has 1 unspecified atom stereocenters. The molecule has 2 rings (SSSR count). The Morgan fingerprint density at radius 1 is 1.30 bits per heavy atom. The van der Waals surface area contributed by atoms with E-state index < -0.39 is 0 Å². The second kappa shape index (κ2) is 6.57. The maximum atomic E-state index is 4.64. The summed E-state index contributed by atoms with van der Waals surface area (Å²) >= 11 is 0. The predicted octanol–water partition coefficient (Wildman–Crippen LogP) is 3.77. The minimum absolute atomic E-state index is 0.331. The summed E-state index contributed by atoms with van der Waals surface area (Å²) in [5, 5.41) is 3.41.